The number of halogens is 1. The fourth-order valence-corrected chi connectivity index (χ4v) is 1.93. The van der Waals surface area contributed by atoms with E-state index >= 15 is 0 Å². The first-order chi connectivity index (χ1) is 8.60. The quantitative estimate of drug-likeness (QED) is 0.756. The summed E-state index contributed by atoms with van der Waals surface area (Å²) in [5.41, 5.74) is 2.60. The number of benzene rings is 2. The third-order valence-electron chi connectivity index (χ3n) is 2.60. The van der Waals surface area contributed by atoms with Gasteiger partial charge in [-0.1, -0.05) is 29.3 Å². The number of hydrogen-bond donors (Lipinski definition) is 0. The van der Waals surface area contributed by atoms with Gasteiger partial charge in [0.2, 0.25) is 0 Å². The number of ether oxygens (including phenoxy) is 1. The molecule has 18 heavy (non-hydrogen) atoms. The molecule has 0 aliphatic heterocycles. The van der Waals surface area contributed by atoms with Crippen LogP contribution in [0.3, 0.4) is 0 Å². The average molecular weight is 261 g/mol. The molecule has 2 aromatic rings. The molecule has 3 heteroatoms. The van der Waals surface area contributed by atoms with E-state index in [-0.39, 0.29) is 0 Å². The molecule has 0 aliphatic rings. The summed E-state index contributed by atoms with van der Waals surface area (Å²) in [5.74, 6) is 1.07. The third kappa shape index (κ3) is 2.71. The molecule has 0 amide bonds. The first-order valence-corrected chi connectivity index (χ1v) is 5.98. The number of aldehydes is 1. The molecule has 0 spiro atoms. The number of hydrogen-bond acceptors (Lipinski definition) is 2. The fourth-order valence-electron chi connectivity index (χ4n) is 1.66. The van der Waals surface area contributed by atoms with E-state index in [1.54, 1.807) is 18.2 Å². The van der Waals surface area contributed by atoms with E-state index < -0.39 is 0 Å². The van der Waals surface area contributed by atoms with Gasteiger partial charge in [-0.3, -0.25) is 4.79 Å². The van der Waals surface area contributed by atoms with Gasteiger partial charge >= 0.3 is 0 Å². The summed E-state index contributed by atoms with van der Waals surface area (Å²) >= 11 is 6.09. The van der Waals surface area contributed by atoms with Crippen molar-refractivity contribution in [3.63, 3.8) is 0 Å². The highest BCUT2D eigenvalue weighted by molar-refractivity contribution is 6.32. The van der Waals surface area contributed by atoms with Crippen LogP contribution in [0.4, 0.5) is 0 Å². The highest BCUT2D eigenvalue weighted by atomic mass is 35.5. The molecule has 0 fully saturated rings. The third-order valence-corrected chi connectivity index (χ3v) is 2.89. The van der Waals surface area contributed by atoms with Crippen molar-refractivity contribution in [2.75, 3.05) is 0 Å². The second kappa shape index (κ2) is 5.23. The van der Waals surface area contributed by atoms with E-state index in [1.807, 2.05) is 32.0 Å². The minimum Gasteiger partial charge on any atom is -0.455 e. The van der Waals surface area contributed by atoms with Crippen molar-refractivity contribution in [1.29, 1.82) is 0 Å². The minimum absolute atomic E-state index is 0.515. The Morgan fingerprint density at radius 2 is 1.61 bits per heavy atom. The Morgan fingerprint density at radius 1 is 1.00 bits per heavy atom. The number of rotatable bonds is 3. The zero-order chi connectivity index (χ0) is 13.1. The van der Waals surface area contributed by atoms with Crippen LogP contribution in [0.1, 0.15) is 21.5 Å². The summed E-state index contributed by atoms with van der Waals surface area (Å²) in [4.78, 5) is 11.0. The predicted molar refractivity (Wildman–Crippen MR) is 72.8 cm³/mol. The Bertz CT molecular complexity index is 591. The smallest absolute Gasteiger partial charge is 0.153 e. The van der Waals surface area contributed by atoms with Gasteiger partial charge in [0.05, 0.1) is 10.6 Å². The Labute approximate surface area is 111 Å². The van der Waals surface area contributed by atoms with Crippen LogP contribution in [-0.4, -0.2) is 6.29 Å². The molecule has 0 radical (unpaired) electrons. The molecule has 0 bridgehead atoms. The highest BCUT2D eigenvalue weighted by Gasteiger charge is 2.07. The molecule has 0 saturated carbocycles. The van der Waals surface area contributed by atoms with Crippen molar-refractivity contribution in [3.8, 4) is 11.5 Å². The highest BCUT2D eigenvalue weighted by Crippen LogP contribution is 2.31. The topological polar surface area (TPSA) is 26.3 Å². The standard InChI is InChI=1S/C15H13ClO2/c1-10-3-5-14(12(7-10)9-17)18-15-6-4-11(2)8-13(15)16/h3-9H,1-2H3. The van der Waals surface area contributed by atoms with Gasteiger partial charge in [0.1, 0.15) is 11.5 Å². The maximum absolute atomic E-state index is 11.0. The predicted octanol–water partition coefficient (Wildman–Crippen LogP) is 4.56. The summed E-state index contributed by atoms with van der Waals surface area (Å²) in [6, 6.07) is 11.0. The van der Waals surface area contributed by atoms with Crippen molar-refractivity contribution in [2.24, 2.45) is 0 Å². The van der Waals surface area contributed by atoms with Crippen LogP contribution in [0.25, 0.3) is 0 Å². The molecule has 2 aromatic carbocycles. The van der Waals surface area contributed by atoms with Crippen molar-refractivity contribution in [2.45, 2.75) is 13.8 Å². The summed E-state index contributed by atoms with van der Waals surface area (Å²) in [7, 11) is 0. The summed E-state index contributed by atoms with van der Waals surface area (Å²) in [6.07, 6.45) is 0.782. The SMILES string of the molecule is Cc1ccc(Oc2ccc(C)cc2C=O)c(Cl)c1. The Kier molecular flexibility index (Phi) is 3.68. The monoisotopic (exact) mass is 260 g/mol. The Morgan fingerprint density at radius 3 is 2.22 bits per heavy atom. The molecule has 0 saturated heterocycles. The van der Waals surface area contributed by atoms with Gasteiger partial charge < -0.3 is 4.74 Å². The van der Waals surface area contributed by atoms with Crippen LogP contribution in [-0.2, 0) is 0 Å². The molecule has 0 heterocycles. The van der Waals surface area contributed by atoms with E-state index in [0.29, 0.717) is 22.1 Å². The molecule has 92 valence electrons. The van der Waals surface area contributed by atoms with Crippen LogP contribution in [0.15, 0.2) is 36.4 Å². The van der Waals surface area contributed by atoms with Crippen LogP contribution >= 0.6 is 11.6 Å². The number of aryl methyl sites for hydroxylation is 2. The first kappa shape index (κ1) is 12.7. The van der Waals surface area contributed by atoms with E-state index in [2.05, 4.69) is 0 Å². The van der Waals surface area contributed by atoms with Gasteiger partial charge in [0.15, 0.2) is 6.29 Å². The van der Waals surface area contributed by atoms with Gasteiger partial charge in [-0.2, -0.15) is 0 Å². The number of carbonyl (C=O) groups is 1. The molecule has 0 atom stereocenters. The van der Waals surface area contributed by atoms with Gasteiger partial charge in [-0.25, -0.2) is 0 Å². The van der Waals surface area contributed by atoms with Crippen molar-refractivity contribution < 1.29 is 9.53 Å². The maximum Gasteiger partial charge on any atom is 0.153 e. The van der Waals surface area contributed by atoms with Gasteiger partial charge in [0.25, 0.3) is 0 Å². The maximum atomic E-state index is 11.0. The lowest BCUT2D eigenvalue weighted by atomic mass is 10.1. The normalized spacial score (nSPS) is 10.2. The molecule has 0 unspecified atom stereocenters. The second-order valence-corrected chi connectivity index (χ2v) is 4.60. The Balaban J connectivity index is 2.36. The second-order valence-electron chi connectivity index (χ2n) is 4.20. The molecule has 0 aromatic heterocycles. The minimum atomic E-state index is 0.515. The van der Waals surface area contributed by atoms with E-state index in [9.17, 15) is 4.79 Å². The van der Waals surface area contributed by atoms with Gasteiger partial charge in [-0.05, 0) is 43.7 Å². The lowest BCUT2D eigenvalue weighted by Gasteiger charge is -2.10. The molecule has 2 rings (SSSR count). The van der Waals surface area contributed by atoms with Crippen LogP contribution in [0.2, 0.25) is 5.02 Å². The van der Waals surface area contributed by atoms with E-state index in [0.717, 1.165) is 17.4 Å². The summed E-state index contributed by atoms with van der Waals surface area (Å²) < 4.78 is 5.68. The van der Waals surface area contributed by atoms with Crippen molar-refractivity contribution in [3.05, 3.63) is 58.1 Å². The zero-order valence-corrected chi connectivity index (χ0v) is 11.0. The van der Waals surface area contributed by atoms with E-state index in [1.165, 1.54) is 0 Å². The largest absolute Gasteiger partial charge is 0.455 e. The molecule has 0 N–H and O–H groups in total. The molecular weight excluding hydrogens is 248 g/mol. The number of carbonyl (C=O) groups excluding carboxylic acids is 1. The van der Waals surface area contributed by atoms with Crippen molar-refractivity contribution in [1.82, 2.24) is 0 Å². The zero-order valence-electron chi connectivity index (χ0n) is 10.2. The lowest BCUT2D eigenvalue weighted by molar-refractivity contribution is 0.112. The lowest BCUT2D eigenvalue weighted by Crippen LogP contribution is -1.92. The van der Waals surface area contributed by atoms with Gasteiger partial charge in [0, 0.05) is 0 Å². The molecular formula is C15H13ClO2. The first-order valence-electron chi connectivity index (χ1n) is 5.60. The molecule has 0 aliphatic carbocycles. The van der Waals surface area contributed by atoms with Crippen LogP contribution in [0.5, 0.6) is 11.5 Å². The Hall–Kier alpha value is -1.80. The van der Waals surface area contributed by atoms with Gasteiger partial charge in [-0.15, -0.1) is 0 Å². The average Bonchev–Trinajstić information content (AvgIpc) is 2.34. The van der Waals surface area contributed by atoms with Crippen molar-refractivity contribution >= 4 is 17.9 Å². The van der Waals surface area contributed by atoms with Crippen LogP contribution < -0.4 is 4.74 Å². The molecule has 2 nitrogen and oxygen atoms in total. The fraction of sp³-hybridized carbons (Fsp3) is 0.133. The van der Waals surface area contributed by atoms with E-state index in [4.69, 9.17) is 16.3 Å². The summed E-state index contributed by atoms with van der Waals surface area (Å²) in [6.45, 7) is 3.88. The summed E-state index contributed by atoms with van der Waals surface area (Å²) in [5, 5.41) is 0.535. The van der Waals surface area contributed by atoms with Crippen LogP contribution in [0, 0.1) is 13.8 Å².